The number of hydrogen-bond donors (Lipinski definition) is 1. The van der Waals surface area contributed by atoms with E-state index in [1.807, 2.05) is 0 Å². The third-order valence-electron chi connectivity index (χ3n) is 4.24. The van der Waals surface area contributed by atoms with Crippen molar-refractivity contribution >= 4 is 0 Å². The van der Waals surface area contributed by atoms with Crippen molar-refractivity contribution in [1.82, 2.24) is 5.32 Å². The molecule has 16 heavy (non-hydrogen) atoms. The highest BCUT2D eigenvalue weighted by atomic mass is 14.9. The number of unbranched alkanes of at least 4 members (excludes halogenated alkanes) is 1. The van der Waals surface area contributed by atoms with E-state index < -0.39 is 0 Å². The second-order valence-corrected chi connectivity index (χ2v) is 6.31. The van der Waals surface area contributed by atoms with Gasteiger partial charge in [0, 0.05) is 6.04 Å². The van der Waals surface area contributed by atoms with E-state index >= 15 is 0 Å². The Bertz CT molecular complexity index is 176. The monoisotopic (exact) mass is 225 g/mol. The molecule has 0 aromatic rings. The largest absolute Gasteiger partial charge is 0.314 e. The summed E-state index contributed by atoms with van der Waals surface area (Å²) in [4.78, 5) is 0. The van der Waals surface area contributed by atoms with E-state index in [0.717, 1.165) is 23.8 Å². The fourth-order valence-electron chi connectivity index (χ4n) is 2.72. The van der Waals surface area contributed by atoms with Crippen LogP contribution in [0.5, 0.6) is 0 Å². The second kappa shape index (κ2) is 7.32. The van der Waals surface area contributed by atoms with Crippen molar-refractivity contribution in [3.63, 3.8) is 0 Å². The first-order chi connectivity index (χ1) is 7.59. The van der Waals surface area contributed by atoms with Crippen LogP contribution in [0.2, 0.25) is 0 Å². The molecular weight excluding hydrogens is 194 g/mol. The van der Waals surface area contributed by atoms with Gasteiger partial charge >= 0.3 is 0 Å². The summed E-state index contributed by atoms with van der Waals surface area (Å²) in [5.41, 5.74) is 0. The summed E-state index contributed by atoms with van der Waals surface area (Å²) in [6.45, 7) is 10.7. The van der Waals surface area contributed by atoms with Gasteiger partial charge in [0.05, 0.1) is 0 Å². The van der Waals surface area contributed by atoms with Crippen molar-refractivity contribution in [3.05, 3.63) is 0 Å². The molecule has 1 nitrogen and oxygen atoms in total. The van der Waals surface area contributed by atoms with Gasteiger partial charge in [-0.2, -0.15) is 0 Å². The standard InChI is InChI=1S/C15H31N/c1-12(2)7-5-6-10-16-15-9-8-13(3)14(4)11-15/h12-16H,5-11H2,1-4H3. The Morgan fingerprint density at radius 2 is 1.81 bits per heavy atom. The van der Waals surface area contributed by atoms with Gasteiger partial charge in [-0.15, -0.1) is 0 Å². The van der Waals surface area contributed by atoms with Crippen LogP contribution in [0.4, 0.5) is 0 Å². The lowest BCUT2D eigenvalue weighted by atomic mass is 9.79. The van der Waals surface area contributed by atoms with Crippen LogP contribution >= 0.6 is 0 Å². The minimum Gasteiger partial charge on any atom is -0.314 e. The maximum absolute atomic E-state index is 3.75. The van der Waals surface area contributed by atoms with Crippen LogP contribution in [0, 0.1) is 17.8 Å². The van der Waals surface area contributed by atoms with Crippen molar-refractivity contribution in [2.24, 2.45) is 17.8 Å². The summed E-state index contributed by atoms with van der Waals surface area (Å²) in [5, 5.41) is 3.75. The Morgan fingerprint density at radius 3 is 2.44 bits per heavy atom. The molecule has 0 radical (unpaired) electrons. The first-order valence-corrected chi connectivity index (χ1v) is 7.33. The zero-order chi connectivity index (χ0) is 12.0. The van der Waals surface area contributed by atoms with E-state index in [1.54, 1.807) is 0 Å². The molecule has 1 rings (SSSR count). The lowest BCUT2D eigenvalue weighted by Crippen LogP contribution is -2.36. The van der Waals surface area contributed by atoms with Gasteiger partial charge in [0.15, 0.2) is 0 Å². The topological polar surface area (TPSA) is 12.0 Å². The smallest absolute Gasteiger partial charge is 0.00698 e. The van der Waals surface area contributed by atoms with E-state index in [4.69, 9.17) is 0 Å². The minimum absolute atomic E-state index is 0.810. The molecule has 0 aromatic heterocycles. The highest BCUT2D eigenvalue weighted by Gasteiger charge is 2.23. The van der Waals surface area contributed by atoms with Gasteiger partial charge in [0.1, 0.15) is 0 Å². The van der Waals surface area contributed by atoms with Crippen molar-refractivity contribution in [2.45, 2.75) is 72.3 Å². The third kappa shape index (κ3) is 5.34. The average molecular weight is 225 g/mol. The molecule has 0 aliphatic heterocycles. The quantitative estimate of drug-likeness (QED) is 0.667. The van der Waals surface area contributed by atoms with Crippen molar-refractivity contribution in [1.29, 1.82) is 0 Å². The third-order valence-corrected chi connectivity index (χ3v) is 4.24. The molecule has 3 unspecified atom stereocenters. The van der Waals surface area contributed by atoms with E-state index in [0.29, 0.717) is 0 Å². The molecule has 0 amide bonds. The Morgan fingerprint density at radius 1 is 1.06 bits per heavy atom. The van der Waals surface area contributed by atoms with Crippen molar-refractivity contribution < 1.29 is 0 Å². The lowest BCUT2D eigenvalue weighted by molar-refractivity contribution is 0.226. The summed E-state index contributed by atoms with van der Waals surface area (Å²) in [5.74, 6) is 2.73. The molecule has 3 atom stereocenters. The number of rotatable bonds is 6. The van der Waals surface area contributed by atoms with Crippen molar-refractivity contribution in [2.75, 3.05) is 6.54 Å². The van der Waals surface area contributed by atoms with Gasteiger partial charge in [-0.25, -0.2) is 0 Å². The molecule has 1 N–H and O–H groups in total. The van der Waals surface area contributed by atoms with Gasteiger partial charge < -0.3 is 5.32 Å². The average Bonchev–Trinajstić information content (AvgIpc) is 2.22. The molecule has 1 heteroatoms. The molecule has 1 aliphatic carbocycles. The van der Waals surface area contributed by atoms with Crippen LogP contribution in [0.15, 0.2) is 0 Å². The van der Waals surface area contributed by atoms with E-state index in [9.17, 15) is 0 Å². The molecule has 0 aromatic carbocycles. The fourth-order valence-corrected chi connectivity index (χ4v) is 2.72. The van der Waals surface area contributed by atoms with E-state index in [-0.39, 0.29) is 0 Å². The fraction of sp³-hybridized carbons (Fsp3) is 1.00. The van der Waals surface area contributed by atoms with Crippen LogP contribution in [0.25, 0.3) is 0 Å². The molecule has 1 aliphatic rings. The first-order valence-electron chi connectivity index (χ1n) is 7.33. The van der Waals surface area contributed by atoms with E-state index in [1.165, 1.54) is 45.1 Å². The molecule has 0 heterocycles. The molecule has 1 saturated carbocycles. The van der Waals surface area contributed by atoms with Gasteiger partial charge in [-0.1, -0.05) is 40.5 Å². The van der Waals surface area contributed by atoms with Crippen LogP contribution in [-0.4, -0.2) is 12.6 Å². The Labute approximate surface area is 102 Å². The first kappa shape index (κ1) is 14.0. The van der Waals surface area contributed by atoms with Crippen LogP contribution in [0.1, 0.15) is 66.2 Å². The lowest BCUT2D eigenvalue weighted by Gasteiger charge is -2.32. The predicted octanol–water partition coefficient (Wildman–Crippen LogP) is 4.23. The molecule has 0 bridgehead atoms. The summed E-state index contributed by atoms with van der Waals surface area (Å²) in [6.07, 6.45) is 8.35. The molecule has 96 valence electrons. The zero-order valence-corrected chi connectivity index (χ0v) is 11.8. The minimum atomic E-state index is 0.810. The highest BCUT2D eigenvalue weighted by Crippen LogP contribution is 2.29. The van der Waals surface area contributed by atoms with Gasteiger partial charge in [-0.05, 0) is 50.0 Å². The van der Waals surface area contributed by atoms with Gasteiger partial charge in [-0.3, -0.25) is 0 Å². The zero-order valence-electron chi connectivity index (χ0n) is 11.8. The van der Waals surface area contributed by atoms with Crippen LogP contribution < -0.4 is 5.32 Å². The van der Waals surface area contributed by atoms with Crippen molar-refractivity contribution in [3.8, 4) is 0 Å². The Hall–Kier alpha value is -0.0400. The maximum atomic E-state index is 3.75. The van der Waals surface area contributed by atoms with Crippen LogP contribution in [-0.2, 0) is 0 Å². The molecular formula is C15H31N. The maximum Gasteiger partial charge on any atom is 0.00698 e. The number of hydrogen-bond acceptors (Lipinski definition) is 1. The van der Waals surface area contributed by atoms with Gasteiger partial charge in [0.2, 0.25) is 0 Å². The molecule has 0 saturated heterocycles. The normalized spacial score (nSPS) is 30.9. The van der Waals surface area contributed by atoms with E-state index in [2.05, 4.69) is 33.0 Å². The Kier molecular flexibility index (Phi) is 6.41. The molecule has 1 fully saturated rings. The highest BCUT2D eigenvalue weighted by molar-refractivity contribution is 4.79. The Balaban J connectivity index is 2.01. The predicted molar refractivity (Wildman–Crippen MR) is 72.7 cm³/mol. The summed E-state index contributed by atoms with van der Waals surface area (Å²) < 4.78 is 0. The summed E-state index contributed by atoms with van der Waals surface area (Å²) in [7, 11) is 0. The summed E-state index contributed by atoms with van der Waals surface area (Å²) in [6, 6.07) is 0.810. The summed E-state index contributed by atoms with van der Waals surface area (Å²) >= 11 is 0. The number of nitrogens with one attached hydrogen (secondary N) is 1. The SMILES string of the molecule is CC(C)CCCCNC1CCC(C)C(C)C1. The van der Waals surface area contributed by atoms with Gasteiger partial charge in [0.25, 0.3) is 0 Å². The second-order valence-electron chi connectivity index (χ2n) is 6.31. The van der Waals surface area contributed by atoms with Crippen LogP contribution in [0.3, 0.4) is 0 Å². The molecule has 0 spiro atoms.